The summed E-state index contributed by atoms with van der Waals surface area (Å²) in [6.07, 6.45) is 5.68. The second-order valence-electron chi connectivity index (χ2n) is 5.72. The number of carbonyl (C=O) groups excluding carboxylic acids is 1. The Morgan fingerprint density at radius 1 is 1.16 bits per heavy atom. The number of benzene rings is 1. The van der Waals surface area contributed by atoms with Crippen molar-refractivity contribution in [3.63, 3.8) is 0 Å². The molecule has 1 amide bonds. The first-order valence-electron chi connectivity index (χ1n) is 7.34. The lowest BCUT2D eigenvalue weighted by atomic mass is 10.0. The van der Waals surface area contributed by atoms with Crippen molar-refractivity contribution >= 4 is 5.91 Å². The molecule has 1 fully saturated rings. The van der Waals surface area contributed by atoms with Crippen molar-refractivity contribution in [3.05, 3.63) is 35.4 Å². The number of likely N-dealkylation sites (N-methyl/N-ethyl adjacent to an activating group) is 1. The van der Waals surface area contributed by atoms with Gasteiger partial charge >= 0.3 is 0 Å². The number of carbonyl (C=O) groups is 1. The van der Waals surface area contributed by atoms with Crippen molar-refractivity contribution < 1.29 is 4.79 Å². The Kier molecular flexibility index (Phi) is 3.56. The molecule has 102 valence electrons. The highest BCUT2D eigenvalue weighted by Gasteiger charge is 2.33. The average Bonchev–Trinajstić information content (AvgIpc) is 2.92. The van der Waals surface area contributed by atoms with Gasteiger partial charge in [-0.2, -0.15) is 0 Å². The van der Waals surface area contributed by atoms with Gasteiger partial charge in [-0.05, 0) is 37.4 Å². The highest BCUT2D eigenvalue weighted by Crippen LogP contribution is 2.28. The number of nitrogens with zero attached hydrogens (tertiary/aromatic N) is 1. The minimum atomic E-state index is -0.0655. The summed E-state index contributed by atoms with van der Waals surface area (Å²) in [5.41, 5.74) is 2.64. The van der Waals surface area contributed by atoms with Crippen molar-refractivity contribution in [2.45, 2.75) is 50.7 Å². The molecular formula is C16H22N2O. The SMILES string of the molecule is CNC1Cc2ccccc2CN(C2CCCC2)C1=O. The minimum absolute atomic E-state index is 0.0655. The Morgan fingerprint density at radius 2 is 1.84 bits per heavy atom. The van der Waals surface area contributed by atoms with Crippen LogP contribution < -0.4 is 5.32 Å². The predicted molar refractivity (Wildman–Crippen MR) is 75.8 cm³/mol. The number of hydrogen-bond donors (Lipinski definition) is 1. The van der Waals surface area contributed by atoms with Gasteiger partial charge in [0.15, 0.2) is 0 Å². The van der Waals surface area contributed by atoms with Gasteiger partial charge < -0.3 is 10.2 Å². The molecule has 1 aliphatic carbocycles. The van der Waals surface area contributed by atoms with E-state index in [0.717, 1.165) is 13.0 Å². The molecule has 1 saturated carbocycles. The van der Waals surface area contributed by atoms with Crippen LogP contribution in [-0.2, 0) is 17.8 Å². The number of nitrogens with one attached hydrogen (secondary N) is 1. The molecule has 3 nitrogen and oxygen atoms in total. The van der Waals surface area contributed by atoms with E-state index in [1.165, 1.54) is 36.8 Å². The van der Waals surface area contributed by atoms with E-state index in [2.05, 4.69) is 34.5 Å². The fraction of sp³-hybridized carbons (Fsp3) is 0.562. The first kappa shape index (κ1) is 12.7. The largest absolute Gasteiger partial charge is 0.334 e. The molecule has 0 bridgehead atoms. The third-order valence-corrected chi connectivity index (χ3v) is 4.58. The lowest BCUT2D eigenvalue weighted by Crippen LogP contribution is -2.47. The molecule has 3 rings (SSSR count). The van der Waals surface area contributed by atoms with E-state index >= 15 is 0 Å². The van der Waals surface area contributed by atoms with E-state index < -0.39 is 0 Å². The third-order valence-electron chi connectivity index (χ3n) is 4.58. The van der Waals surface area contributed by atoms with Gasteiger partial charge in [0.2, 0.25) is 5.91 Å². The van der Waals surface area contributed by atoms with E-state index in [1.54, 1.807) is 0 Å². The predicted octanol–water partition coefficient (Wildman–Crippen LogP) is 2.10. The van der Waals surface area contributed by atoms with Crippen LogP contribution in [-0.4, -0.2) is 29.9 Å². The smallest absolute Gasteiger partial charge is 0.240 e. The van der Waals surface area contributed by atoms with Gasteiger partial charge in [0.05, 0.1) is 6.04 Å². The van der Waals surface area contributed by atoms with Crippen molar-refractivity contribution in [1.82, 2.24) is 10.2 Å². The Labute approximate surface area is 115 Å². The maximum absolute atomic E-state index is 12.7. The summed E-state index contributed by atoms with van der Waals surface area (Å²) >= 11 is 0. The number of hydrogen-bond acceptors (Lipinski definition) is 2. The summed E-state index contributed by atoms with van der Waals surface area (Å²) < 4.78 is 0. The molecule has 1 aromatic rings. The van der Waals surface area contributed by atoms with Crippen molar-refractivity contribution in [2.75, 3.05) is 7.05 Å². The van der Waals surface area contributed by atoms with Crippen LogP contribution in [0.15, 0.2) is 24.3 Å². The quantitative estimate of drug-likeness (QED) is 0.881. The van der Waals surface area contributed by atoms with Crippen LogP contribution in [0.3, 0.4) is 0 Å². The first-order valence-corrected chi connectivity index (χ1v) is 7.34. The van der Waals surface area contributed by atoms with Crippen molar-refractivity contribution in [2.24, 2.45) is 0 Å². The van der Waals surface area contributed by atoms with Gasteiger partial charge in [0, 0.05) is 12.6 Å². The Balaban J connectivity index is 1.93. The van der Waals surface area contributed by atoms with Gasteiger partial charge in [-0.1, -0.05) is 37.1 Å². The number of rotatable bonds is 2. The summed E-state index contributed by atoms with van der Waals surface area (Å²) in [6, 6.07) is 8.86. The fourth-order valence-electron chi connectivity index (χ4n) is 3.43. The summed E-state index contributed by atoms with van der Waals surface area (Å²) in [4.78, 5) is 14.8. The third kappa shape index (κ3) is 2.39. The molecule has 1 N–H and O–H groups in total. The summed E-state index contributed by atoms with van der Waals surface area (Å²) in [7, 11) is 1.89. The second-order valence-corrected chi connectivity index (χ2v) is 5.72. The topological polar surface area (TPSA) is 32.3 Å². The first-order chi connectivity index (χ1) is 9.29. The Morgan fingerprint density at radius 3 is 2.53 bits per heavy atom. The van der Waals surface area contributed by atoms with Crippen LogP contribution in [0.4, 0.5) is 0 Å². The average molecular weight is 258 g/mol. The van der Waals surface area contributed by atoms with Gasteiger partial charge in [-0.15, -0.1) is 0 Å². The van der Waals surface area contributed by atoms with Crippen molar-refractivity contribution in [1.29, 1.82) is 0 Å². The highest BCUT2D eigenvalue weighted by molar-refractivity contribution is 5.83. The lowest BCUT2D eigenvalue weighted by molar-refractivity contribution is -0.135. The zero-order valence-corrected chi connectivity index (χ0v) is 11.6. The van der Waals surface area contributed by atoms with E-state index in [4.69, 9.17) is 0 Å². The van der Waals surface area contributed by atoms with Crippen LogP contribution in [0.2, 0.25) is 0 Å². The highest BCUT2D eigenvalue weighted by atomic mass is 16.2. The lowest BCUT2D eigenvalue weighted by Gasteiger charge is -2.30. The van der Waals surface area contributed by atoms with Crippen LogP contribution in [0, 0.1) is 0 Å². The maximum Gasteiger partial charge on any atom is 0.240 e. The van der Waals surface area contributed by atoms with Crippen LogP contribution in [0.1, 0.15) is 36.8 Å². The minimum Gasteiger partial charge on any atom is -0.334 e. The molecule has 0 radical (unpaired) electrons. The Bertz CT molecular complexity index is 466. The monoisotopic (exact) mass is 258 g/mol. The van der Waals surface area contributed by atoms with E-state index in [9.17, 15) is 4.79 Å². The van der Waals surface area contributed by atoms with Crippen molar-refractivity contribution in [3.8, 4) is 0 Å². The van der Waals surface area contributed by atoms with E-state index in [1.807, 2.05) is 7.05 Å². The van der Waals surface area contributed by atoms with Crippen LogP contribution in [0.25, 0.3) is 0 Å². The zero-order valence-electron chi connectivity index (χ0n) is 11.6. The van der Waals surface area contributed by atoms with Gasteiger partial charge in [0.1, 0.15) is 0 Å². The molecular weight excluding hydrogens is 236 g/mol. The molecule has 3 heteroatoms. The summed E-state index contributed by atoms with van der Waals surface area (Å²) in [5.74, 6) is 0.283. The van der Waals surface area contributed by atoms with E-state index in [0.29, 0.717) is 6.04 Å². The second kappa shape index (κ2) is 5.33. The van der Waals surface area contributed by atoms with Crippen LogP contribution >= 0.6 is 0 Å². The molecule has 1 atom stereocenters. The normalized spacial score (nSPS) is 24.4. The zero-order chi connectivity index (χ0) is 13.2. The summed E-state index contributed by atoms with van der Waals surface area (Å²) in [6.45, 7) is 0.790. The maximum atomic E-state index is 12.7. The molecule has 0 saturated heterocycles. The fourth-order valence-corrected chi connectivity index (χ4v) is 3.43. The molecule has 2 aliphatic rings. The molecule has 0 spiro atoms. The van der Waals surface area contributed by atoms with Crippen LogP contribution in [0.5, 0.6) is 0 Å². The standard InChI is InChI=1S/C16H22N2O/c1-17-15-10-12-6-2-3-7-13(12)11-18(16(15)19)14-8-4-5-9-14/h2-3,6-7,14-15,17H,4-5,8-11H2,1H3. The van der Waals surface area contributed by atoms with Gasteiger partial charge in [0.25, 0.3) is 0 Å². The molecule has 1 aliphatic heterocycles. The molecule has 1 aromatic carbocycles. The molecule has 1 heterocycles. The molecule has 1 unspecified atom stereocenters. The number of fused-ring (bicyclic) bond motifs is 1. The van der Waals surface area contributed by atoms with Gasteiger partial charge in [-0.3, -0.25) is 4.79 Å². The molecule has 0 aromatic heterocycles. The van der Waals surface area contributed by atoms with Gasteiger partial charge in [-0.25, -0.2) is 0 Å². The Hall–Kier alpha value is -1.35. The van der Waals surface area contributed by atoms with E-state index in [-0.39, 0.29) is 11.9 Å². The summed E-state index contributed by atoms with van der Waals surface area (Å²) in [5, 5.41) is 3.20. The molecule has 19 heavy (non-hydrogen) atoms. The number of amides is 1.